The summed E-state index contributed by atoms with van der Waals surface area (Å²) < 4.78 is 25.2. The number of nitrogens with two attached hydrogens (primary N) is 1. The summed E-state index contributed by atoms with van der Waals surface area (Å²) in [5.41, 5.74) is 5.63. The van der Waals surface area contributed by atoms with Crippen LogP contribution in [0.3, 0.4) is 0 Å². The number of aromatic hydroxyl groups is 1. The third-order valence-electron chi connectivity index (χ3n) is 1.90. The molecule has 0 saturated heterocycles. The number of aryl methyl sites for hydroxylation is 1. The number of hydrogen-bond donors (Lipinski definition) is 2. The highest BCUT2D eigenvalue weighted by atomic mass is 35.5. The maximum atomic E-state index is 13.1. The maximum absolute atomic E-state index is 13.1. The third kappa shape index (κ3) is 2.33. The van der Waals surface area contributed by atoms with E-state index in [-0.39, 0.29) is 23.7 Å². The fourth-order valence-corrected chi connectivity index (χ4v) is 1.12. The SMILES string of the molecule is Cc1ccc(F)c([C@@H](N)CF)c1O.Cl. The molecule has 0 saturated carbocycles. The molecule has 0 heterocycles. The van der Waals surface area contributed by atoms with E-state index < -0.39 is 18.5 Å². The molecule has 0 amide bonds. The Morgan fingerprint density at radius 2 is 2.07 bits per heavy atom. The summed E-state index contributed by atoms with van der Waals surface area (Å²) in [4.78, 5) is 0. The number of rotatable bonds is 2. The molecule has 0 spiro atoms. The highest BCUT2D eigenvalue weighted by Crippen LogP contribution is 2.29. The Hall–Kier alpha value is -0.870. The average Bonchev–Trinajstić information content (AvgIpc) is 2.12. The van der Waals surface area contributed by atoms with Crippen LogP contribution in [0.5, 0.6) is 5.75 Å². The first-order valence-corrected chi connectivity index (χ1v) is 3.87. The lowest BCUT2D eigenvalue weighted by Crippen LogP contribution is -2.14. The first-order chi connectivity index (χ1) is 6.07. The molecule has 1 aromatic carbocycles. The predicted molar refractivity (Wildman–Crippen MR) is 53.0 cm³/mol. The van der Waals surface area contributed by atoms with Gasteiger partial charge in [-0.3, -0.25) is 0 Å². The van der Waals surface area contributed by atoms with E-state index in [4.69, 9.17) is 5.73 Å². The van der Waals surface area contributed by atoms with Gasteiger partial charge in [-0.2, -0.15) is 0 Å². The monoisotopic (exact) mass is 223 g/mol. The summed E-state index contributed by atoms with van der Waals surface area (Å²) in [7, 11) is 0. The van der Waals surface area contributed by atoms with Crippen molar-refractivity contribution in [2.24, 2.45) is 5.73 Å². The summed E-state index contributed by atoms with van der Waals surface area (Å²) in [6.45, 7) is 0.706. The fourth-order valence-electron chi connectivity index (χ4n) is 1.12. The fraction of sp³-hybridized carbons (Fsp3) is 0.333. The van der Waals surface area contributed by atoms with Crippen LogP contribution < -0.4 is 5.73 Å². The van der Waals surface area contributed by atoms with Crippen LogP contribution in [0.25, 0.3) is 0 Å². The van der Waals surface area contributed by atoms with Gasteiger partial charge in [0.2, 0.25) is 0 Å². The van der Waals surface area contributed by atoms with E-state index >= 15 is 0 Å². The van der Waals surface area contributed by atoms with Gasteiger partial charge in [-0.05, 0) is 18.6 Å². The van der Waals surface area contributed by atoms with Crippen LogP contribution >= 0.6 is 12.4 Å². The normalized spacial score (nSPS) is 12.0. The Balaban J connectivity index is 0.00000169. The molecular weight excluding hydrogens is 212 g/mol. The van der Waals surface area contributed by atoms with Gasteiger partial charge in [-0.1, -0.05) is 6.07 Å². The number of alkyl halides is 1. The zero-order valence-corrected chi connectivity index (χ0v) is 8.44. The van der Waals surface area contributed by atoms with E-state index in [2.05, 4.69) is 0 Å². The van der Waals surface area contributed by atoms with Gasteiger partial charge in [0.15, 0.2) is 0 Å². The molecule has 3 N–H and O–H groups in total. The maximum Gasteiger partial charge on any atom is 0.131 e. The van der Waals surface area contributed by atoms with E-state index in [0.29, 0.717) is 5.56 Å². The van der Waals surface area contributed by atoms with E-state index in [1.165, 1.54) is 12.1 Å². The zero-order valence-electron chi connectivity index (χ0n) is 7.63. The molecule has 0 fully saturated rings. The van der Waals surface area contributed by atoms with Crippen LogP contribution in [-0.4, -0.2) is 11.8 Å². The minimum absolute atomic E-state index is 0. The molecule has 1 aromatic rings. The molecule has 1 rings (SSSR count). The summed E-state index contributed by atoms with van der Waals surface area (Å²) >= 11 is 0. The Morgan fingerprint density at radius 1 is 1.50 bits per heavy atom. The van der Waals surface area contributed by atoms with E-state index in [0.717, 1.165) is 0 Å². The van der Waals surface area contributed by atoms with Gasteiger partial charge >= 0.3 is 0 Å². The predicted octanol–water partition coefficient (Wildman–Crippen LogP) is 2.23. The van der Waals surface area contributed by atoms with Crippen molar-refractivity contribution in [2.75, 3.05) is 6.67 Å². The smallest absolute Gasteiger partial charge is 0.131 e. The molecule has 0 aliphatic rings. The van der Waals surface area contributed by atoms with Crippen LogP contribution in [0, 0.1) is 12.7 Å². The molecule has 14 heavy (non-hydrogen) atoms. The van der Waals surface area contributed by atoms with E-state index in [1.54, 1.807) is 6.92 Å². The molecule has 0 bridgehead atoms. The molecule has 0 aliphatic carbocycles. The Bertz CT molecular complexity index is 320. The summed E-state index contributed by atoms with van der Waals surface area (Å²) in [5.74, 6) is -0.932. The van der Waals surface area contributed by atoms with Crippen LogP contribution in [0.4, 0.5) is 8.78 Å². The number of benzene rings is 1. The van der Waals surface area contributed by atoms with Crippen molar-refractivity contribution >= 4 is 12.4 Å². The topological polar surface area (TPSA) is 46.2 Å². The first-order valence-electron chi connectivity index (χ1n) is 3.87. The summed E-state index contributed by atoms with van der Waals surface area (Å²) in [5, 5.41) is 9.39. The number of halogens is 3. The Kier molecular flexibility index (Phi) is 4.80. The van der Waals surface area contributed by atoms with E-state index in [9.17, 15) is 13.9 Å². The van der Waals surface area contributed by atoms with Crippen molar-refractivity contribution in [3.05, 3.63) is 29.1 Å². The molecule has 2 nitrogen and oxygen atoms in total. The largest absolute Gasteiger partial charge is 0.507 e. The van der Waals surface area contributed by atoms with Gasteiger partial charge in [0.25, 0.3) is 0 Å². The lowest BCUT2D eigenvalue weighted by atomic mass is 10.0. The highest BCUT2D eigenvalue weighted by molar-refractivity contribution is 5.85. The van der Waals surface area contributed by atoms with Crippen molar-refractivity contribution in [2.45, 2.75) is 13.0 Å². The summed E-state index contributed by atoms with van der Waals surface area (Å²) in [6, 6.07) is 1.49. The average molecular weight is 224 g/mol. The lowest BCUT2D eigenvalue weighted by molar-refractivity contribution is 0.400. The molecule has 0 unspecified atom stereocenters. The molecule has 0 aromatic heterocycles. The number of phenols is 1. The first kappa shape index (κ1) is 13.1. The van der Waals surface area contributed by atoms with Gasteiger partial charge in [-0.25, -0.2) is 8.78 Å². The van der Waals surface area contributed by atoms with Crippen molar-refractivity contribution in [3.63, 3.8) is 0 Å². The molecule has 0 aliphatic heterocycles. The Labute approximate surface area is 87.1 Å². The van der Waals surface area contributed by atoms with Gasteiger partial charge in [0.1, 0.15) is 18.2 Å². The number of phenolic OH excluding ortho intramolecular Hbond substituents is 1. The number of hydrogen-bond acceptors (Lipinski definition) is 2. The standard InChI is InChI=1S/C9H11F2NO.ClH/c1-5-2-3-6(11)8(9(5)13)7(12)4-10;/h2-3,7,13H,4,12H2,1H3;1H/t7-;/m0./s1. The third-order valence-corrected chi connectivity index (χ3v) is 1.90. The van der Waals surface area contributed by atoms with Crippen LogP contribution in [-0.2, 0) is 0 Å². The highest BCUT2D eigenvalue weighted by Gasteiger charge is 2.17. The molecule has 80 valence electrons. The molecule has 0 radical (unpaired) electrons. The second-order valence-electron chi connectivity index (χ2n) is 2.89. The Morgan fingerprint density at radius 3 is 2.57 bits per heavy atom. The van der Waals surface area contributed by atoms with Crippen molar-refractivity contribution in [1.82, 2.24) is 0 Å². The summed E-state index contributed by atoms with van der Waals surface area (Å²) in [6.07, 6.45) is 0. The molecular formula is C9H12ClF2NO. The van der Waals surface area contributed by atoms with Gasteiger partial charge < -0.3 is 10.8 Å². The van der Waals surface area contributed by atoms with Crippen LogP contribution in [0.1, 0.15) is 17.2 Å². The van der Waals surface area contributed by atoms with Crippen molar-refractivity contribution in [1.29, 1.82) is 0 Å². The molecule has 1 atom stereocenters. The molecule has 5 heteroatoms. The minimum Gasteiger partial charge on any atom is -0.507 e. The second-order valence-corrected chi connectivity index (χ2v) is 2.89. The van der Waals surface area contributed by atoms with Gasteiger partial charge in [0, 0.05) is 5.56 Å². The zero-order chi connectivity index (χ0) is 10.0. The van der Waals surface area contributed by atoms with Crippen LogP contribution in [0.2, 0.25) is 0 Å². The van der Waals surface area contributed by atoms with E-state index in [1.807, 2.05) is 0 Å². The quantitative estimate of drug-likeness (QED) is 0.808. The van der Waals surface area contributed by atoms with Crippen LogP contribution in [0.15, 0.2) is 12.1 Å². The van der Waals surface area contributed by atoms with Gasteiger partial charge in [0.05, 0.1) is 6.04 Å². The van der Waals surface area contributed by atoms with Crippen molar-refractivity contribution < 1.29 is 13.9 Å². The second kappa shape index (κ2) is 5.12. The minimum atomic E-state index is -1.10. The lowest BCUT2D eigenvalue weighted by Gasteiger charge is -2.12. The van der Waals surface area contributed by atoms with Gasteiger partial charge in [-0.15, -0.1) is 12.4 Å². The van der Waals surface area contributed by atoms with Crippen molar-refractivity contribution in [3.8, 4) is 5.75 Å².